The number of nitrogens with two attached hydrogens (primary N) is 1. The topological polar surface area (TPSA) is 55.6 Å². The fraction of sp³-hybridized carbons (Fsp3) is 0.900. The molecule has 2 N–H and O–H groups in total. The largest absolute Gasteiger partial charge is 0.383 e. The van der Waals surface area contributed by atoms with Gasteiger partial charge in [0.1, 0.15) is 0 Å². The van der Waals surface area contributed by atoms with Crippen LogP contribution in [0.1, 0.15) is 19.8 Å². The summed E-state index contributed by atoms with van der Waals surface area (Å²) in [7, 11) is 1.65. The number of nitrogens with zero attached hydrogens (tertiary/aromatic N) is 1. The van der Waals surface area contributed by atoms with Gasteiger partial charge in [0.15, 0.2) is 0 Å². The Morgan fingerprint density at radius 1 is 1.64 bits per heavy atom. The minimum absolute atomic E-state index is 0.0625. The molecule has 0 bridgehead atoms. The van der Waals surface area contributed by atoms with Crippen molar-refractivity contribution in [3.63, 3.8) is 0 Å². The van der Waals surface area contributed by atoms with E-state index < -0.39 is 0 Å². The molecule has 1 atom stereocenters. The normalized spacial score (nSPS) is 17.9. The van der Waals surface area contributed by atoms with Crippen molar-refractivity contribution in [2.45, 2.75) is 25.8 Å². The van der Waals surface area contributed by atoms with E-state index in [1.807, 2.05) is 11.8 Å². The molecule has 14 heavy (non-hydrogen) atoms. The molecule has 0 aromatic carbocycles. The highest BCUT2D eigenvalue weighted by molar-refractivity contribution is 5.79. The van der Waals surface area contributed by atoms with E-state index in [9.17, 15) is 4.79 Å². The summed E-state index contributed by atoms with van der Waals surface area (Å²) in [5.41, 5.74) is 5.48. The summed E-state index contributed by atoms with van der Waals surface area (Å²) in [6.45, 7) is 3.61. The molecule has 0 aromatic rings. The van der Waals surface area contributed by atoms with Crippen molar-refractivity contribution in [3.05, 3.63) is 0 Å². The molecule has 1 unspecified atom stereocenters. The van der Waals surface area contributed by atoms with E-state index in [2.05, 4.69) is 0 Å². The minimum atomic E-state index is -0.0625. The van der Waals surface area contributed by atoms with Crippen LogP contribution in [0.3, 0.4) is 0 Å². The van der Waals surface area contributed by atoms with Gasteiger partial charge in [0.05, 0.1) is 6.61 Å². The van der Waals surface area contributed by atoms with Gasteiger partial charge in [-0.1, -0.05) is 6.92 Å². The molecule has 0 heterocycles. The lowest BCUT2D eigenvalue weighted by atomic mass is 10.1. The zero-order chi connectivity index (χ0) is 10.6. The fourth-order valence-electron chi connectivity index (χ4n) is 1.43. The summed E-state index contributed by atoms with van der Waals surface area (Å²) in [5, 5.41) is 0. The van der Waals surface area contributed by atoms with Gasteiger partial charge >= 0.3 is 0 Å². The number of carbonyl (C=O) groups is 1. The molecule has 1 saturated carbocycles. The van der Waals surface area contributed by atoms with E-state index >= 15 is 0 Å². The number of hydrogen-bond donors (Lipinski definition) is 1. The average Bonchev–Trinajstić information content (AvgIpc) is 3.01. The van der Waals surface area contributed by atoms with Crippen molar-refractivity contribution in [1.82, 2.24) is 4.90 Å². The highest BCUT2D eigenvalue weighted by Crippen LogP contribution is 2.27. The summed E-state index contributed by atoms with van der Waals surface area (Å²) >= 11 is 0. The van der Waals surface area contributed by atoms with Crippen molar-refractivity contribution >= 4 is 5.91 Å². The second-order valence-electron chi connectivity index (χ2n) is 3.89. The van der Waals surface area contributed by atoms with Crippen LogP contribution in [0.4, 0.5) is 0 Å². The standard InChI is InChI=1S/C10H20N2O2/c1-8(7-11)10(13)12(5-6-14-2)9-3-4-9/h8-9H,3-7,11H2,1-2H3. The van der Waals surface area contributed by atoms with E-state index in [1.54, 1.807) is 7.11 Å². The maximum atomic E-state index is 11.9. The lowest BCUT2D eigenvalue weighted by molar-refractivity contribution is -0.135. The third kappa shape index (κ3) is 2.96. The van der Waals surface area contributed by atoms with Crippen molar-refractivity contribution in [2.24, 2.45) is 11.7 Å². The Kier molecular flexibility index (Phi) is 4.35. The monoisotopic (exact) mass is 200 g/mol. The van der Waals surface area contributed by atoms with E-state index in [4.69, 9.17) is 10.5 Å². The first-order chi connectivity index (χ1) is 6.70. The molecular weight excluding hydrogens is 180 g/mol. The molecular formula is C10H20N2O2. The lowest BCUT2D eigenvalue weighted by Gasteiger charge is -2.24. The maximum Gasteiger partial charge on any atom is 0.227 e. The van der Waals surface area contributed by atoms with E-state index in [0.29, 0.717) is 25.7 Å². The van der Waals surface area contributed by atoms with Gasteiger partial charge in [0, 0.05) is 32.2 Å². The number of hydrogen-bond acceptors (Lipinski definition) is 3. The summed E-state index contributed by atoms with van der Waals surface area (Å²) < 4.78 is 4.99. The highest BCUT2D eigenvalue weighted by Gasteiger charge is 2.33. The number of ether oxygens (including phenoxy) is 1. The van der Waals surface area contributed by atoms with E-state index in [-0.39, 0.29) is 11.8 Å². The molecule has 0 aromatic heterocycles. The van der Waals surface area contributed by atoms with Crippen molar-refractivity contribution in [2.75, 3.05) is 26.8 Å². The van der Waals surface area contributed by atoms with Crippen LogP contribution in [-0.2, 0) is 9.53 Å². The van der Waals surface area contributed by atoms with Gasteiger partial charge in [0.25, 0.3) is 0 Å². The third-order valence-corrected chi connectivity index (χ3v) is 2.58. The van der Waals surface area contributed by atoms with Crippen LogP contribution in [-0.4, -0.2) is 43.7 Å². The van der Waals surface area contributed by atoms with Crippen LogP contribution in [0.15, 0.2) is 0 Å². The predicted molar refractivity (Wildman–Crippen MR) is 54.8 cm³/mol. The molecule has 1 aliphatic carbocycles. The molecule has 1 amide bonds. The van der Waals surface area contributed by atoms with Gasteiger partial charge < -0.3 is 15.4 Å². The van der Waals surface area contributed by atoms with Gasteiger partial charge in [-0.2, -0.15) is 0 Å². The van der Waals surface area contributed by atoms with E-state index in [1.165, 1.54) is 0 Å². The van der Waals surface area contributed by atoms with Crippen LogP contribution in [0, 0.1) is 5.92 Å². The Labute approximate surface area is 85.4 Å². The first-order valence-corrected chi connectivity index (χ1v) is 5.20. The molecule has 82 valence electrons. The number of methoxy groups -OCH3 is 1. The quantitative estimate of drug-likeness (QED) is 0.667. The first-order valence-electron chi connectivity index (χ1n) is 5.20. The second kappa shape index (κ2) is 5.32. The van der Waals surface area contributed by atoms with E-state index in [0.717, 1.165) is 12.8 Å². The Hall–Kier alpha value is -0.610. The van der Waals surface area contributed by atoms with Crippen LogP contribution in [0.5, 0.6) is 0 Å². The molecule has 0 spiro atoms. The summed E-state index contributed by atoms with van der Waals surface area (Å²) in [6, 6.07) is 0.451. The molecule has 1 fully saturated rings. The van der Waals surface area contributed by atoms with Gasteiger partial charge in [-0.05, 0) is 12.8 Å². The Morgan fingerprint density at radius 2 is 2.29 bits per heavy atom. The first kappa shape index (κ1) is 11.5. The van der Waals surface area contributed by atoms with Crippen LogP contribution in [0.25, 0.3) is 0 Å². The SMILES string of the molecule is COCCN(C(=O)C(C)CN)C1CC1. The Bertz CT molecular complexity index is 193. The zero-order valence-electron chi connectivity index (χ0n) is 9.03. The zero-order valence-corrected chi connectivity index (χ0v) is 9.03. The molecule has 4 heteroatoms. The molecule has 0 aliphatic heterocycles. The van der Waals surface area contributed by atoms with Crippen molar-refractivity contribution < 1.29 is 9.53 Å². The average molecular weight is 200 g/mol. The lowest BCUT2D eigenvalue weighted by Crippen LogP contribution is -2.41. The van der Waals surface area contributed by atoms with Gasteiger partial charge in [0.2, 0.25) is 5.91 Å². The maximum absolute atomic E-state index is 11.9. The Morgan fingerprint density at radius 3 is 2.71 bits per heavy atom. The van der Waals surface area contributed by atoms with Gasteiger partial charge in [-0.3, -0.25) is 4.79 Å². The molecule has 0 radical (unpaired) electrons. The summed E-state index contributed by atoms with van der Waals surface area (Å²) in [6.07, 6.45) is 2.26. The smallest absolute Gasteiger partial charge is 0.227 e. The van der Waals surface area contributed by atoms with Crippen LogP contribution in [0.2, 0.25) is 0 Å². The molecule has 1 rings (SSSR count). The van der Waals surface area contributed by atoms with Gasteiger partial charge in [-0.15, -0.1) is 0 Å². The highest BCUT2D eigenvalue weighted by atomic mass is 16.5. The van der Waals surface area contributed by atoms with Gasteiger partial charge in [-0.25, -0.2) is 0 Å². The molecule has 0 saturated heterocycles. The Balaban J connectivity index is 2.44. The van der Waals surface area contributed by atoms with Crippen molar-refractivity contribution in [3.8, 4) is 0 Å². The second-order valence-corrected chi connectivity index (χ2v) is 3.89. The van der Waals surface area contributed by atoms with Crippen LogP contribution >= 0.6 is 0 Å². The van der Waals surface area contributed by atoms with Crippen molar-refractivity contribution in [1.29, 1.82) is 0 Å². The summed E-state index contributed by atoms with van der Waals surface area (Å²) in [5.74, 6) is 0.111. The predicted octanol–water partition coefficient (Wildman–Crippen LogP) is 0.219. The number of amides is 1. The number of rotatable bonds is 6. The minimum Gasteiger partial charge on any atom is -0.383 e. The molecule has 1 aliphatic rings. The third-order valence-electron chi connectivity index (χ3n) is 2.58. The number of carbonyl (C=O) groups excluding carboxylic acids is 1. The fourth-order valence-corrected chi connectivity index (χ4v) is 1.43. The molecule has 4 nitrogen and oxygen atoms in total. The summed E-state index contributed by atoms with van der Waals surface area (Å²) in [4.78, 5) is 13.8. The van der Waals surface area contributed by atoms with Crippen LogP contribution < -0.4 is 5.73 Å².